The van der Waals surface area contributed by atoms with Crippen LogP contribution in [0.15, 0.2) is 24.3 Å². The molecular weight excluding hydrogens is 335 g/mol. The van der Waals surface area contributed by atoms with Gasteiger partial charge in [-0.3, -0.25) is 14.2 Å². The molecule has 9 heteroatoms. The molecule has 0 radical (unpaired) electrons. The van der Waals surface area contributed by atoms with E-state index in [-0.39, 0.29) is 31.0 Å². The van der Waals surface area contributed by atoms with Gasteiger partial charge in [-0.25, -0.2) is 0 Å². The predicted molar refractivity (Wildman–Crippen MR) is 89.4 cm³/mol. The van der Waals surface area contributed by atoms with E-state index in [0.29, 0.717) is 18.8 Å². The first-order chi connectivity index (χ1) is 11.5. The number of benzene rings is 1. The van der Waals surface area contributed by atoms with Gasteiger partial charge in [-0.05, 0) is 24.3 Å². The smallest absolute Gasteiger partial charge is 0.330 e. The Hall–Kier alpha value is -1.73. The molecule has 1 heterocycles. The summed E-state index contributed by atoms with van der Waals surface area (Å²) in [6.45, 7) is 1.09. The van der Waals surface area contributed by atoms with E-state index in [9.17, 15) is 14.2 Å². The molecule has 1 N–H and O–H groups in total. The van der Waals surface area contributed by atoms with Crippen molar-refractivity contribution in [2.24, 2.45) is 0 Å². The van der Waals surface area contributed by atoms with Crippen LogP contribution in [0.5, 0.6) is 0 Å². The number of rotatable bonds is 7. The summed E-state index contributed by atoms with van der Waals surface area (Å²) < 4.78 is 26.5. The van der Waals surface area contributed by atoms with Gasteiger partial charge in [0, 0.05) is 38.6 Å². The summed E-state index contributed by atoms with van der Waals surface area (Å²) in [4.78, 5) is 25.3. The lowest BCUT2D eigenvalue weighted by atomic mass is 10.2. The van der Waals surface area contributed by atoms with Gasteiger partial charge < -0.3 is 24.0 Å². The standard InChI is InChI=1S/C15H21N2O6P/c1-21-24(20,22-2)10-7-14(18)16-12-3-5-13(6-4-12)17-8-9-23-11-15(17)19/h3-6H,7-11H2,1-2H3,(H,16,18). The molecule has 0 unspecified atom stereocenters. The van der Waals surface area contributed by atoms with Crippen LogP contribution in [-0.2, 0) is 27.9 Å². The number of nitrogens with zero attached hydrogens (tertiary/aromatic N) is 1. The van der Waals surface area contributed by atoms with Crippen LogP contribution < -0.4 is 10.2 Å². The summed E-state index contributed by atoms with van der Waals surface area (Å²) in [5, 5.41) is 2.70. The van der Waals surface area contributed by atoms with Crippen LogP contribution in [0.3, 0.4) is 0 Å². The van der Waals surface area contributed by atoms with Gasteiger partial charge >= 0.3 is 7.60 Å². The van der Waals surface area contributed by atoms with Crippen LogP contribution in [0.25, 0.3) is 0 Å². The zero-order chi connectivity index (χ0) is 17.6. The molecule has 1 aromatic rings. The lowest BCUT2D eigenvalue weighted by Crippen LogP contribution is -2.41. The minimum atomic E-state index is -3.19. The lowest BCUT2D eigenvalue weighted by Gasteiger charge is -2.26. The monoisotopic (exact) mass is 356 g/mol. The van der Waals surface area contributed by atoms with E-state index >= 15 is 0 Å². The second-order valence-corrected chi connectivity index (χ2v) is 7.54. The Balaban J connectivity index is 1.90. The molecule has 0 bridgehead atoms. The zero-order valence-electron chi connectivity index (χ0n) is 13.7. The van der Waals surface area contributed by atoms with Gasteiger partial charge in [0.1, 0.15) is 6.61 Å². The van der Waals surface area contributed by atoms with Crippen LogP contribution in [0, 0.1) is 0 Å². The van der Waals surface area contributed by atoms with Gasteiger partial charge in [-0.1, -0.05) is 0 Å². The van der Waals surface area contributed by atoms with Crippen molar-refractivity contribution in [3.05, 3.63) is 24.3 Å². The maximum atomic E-state index is 11.9. The number of carbonyl (C=O) groups is 2. The van der Waals surface area contributed by atoms with E-state index in [1.807, 2.05) is 0 Å². The Morgan fingerprint density at radius 1 is 1.29 bits per heavy atom. The van der Waals surface area contributed by atoms with E-state index in [1.54, 1.807) is 29.2 Å². The van der Waals surface area contributed by atoms with Crippen LogP contribution in [-0.4, -0.2) is 52.0 Å². The molecule has 0 spiro atoms. The molecule has 2 rings (SSSR count). The fraction of sp³-hybridized carbons (Fsp3) is 0.467. The van der Waals surface area contributed by atoms with Crippen molar-refractivity contribution in [2.75, 3.05) is 50.4 Å². The van der Waals surface area contributed by atoms with Crippen LogP contribution in [0.1, 0.15) is 6.42 Å². The van der Waals surface area contributed by atoms with Gasteiger partial charge in [0.05, 0.1) is 12.8 Å². The van der Waals surface area contributed by atoms with E-state index < -0.39 is 7.60 Å². The third-order valence-electron chi connectivity index (χ3n) is 3.62. The number of anilines is 2. The topological polar surface area (TPSA) is 94.2 Å². The summed E-state index contributed by atoms with van der Waals surface area (Å²) in [6, 6.07) is 6.94. The Bertz CT molecular complexity index is 625. The number of hydrogen-bond acceptors (Lipinski definition) is 6. The highest BCUT2D eigenvalue weighted by Crippen LogP contribution is 2.46. The number of carbonyl (C=O) groups excluding carboxylic acids is 2. The molecule has 0 aromatic heterocycles. The zero-order valence-corrected chi connectivity index (χ0v) is 14.6. The van der Waals surface area contributed by atoms with Crippen LogP contribution in [0.4, 0.5) is 11.4 Å². The SMILES string of the molecule is COP(=O)(CCC(=O)Nc1ccc(N2CCOCC2=O)cc1)OC. The molecule has 8 nitrogen and oxygen atoms in total. The number of nitrogens with one attached hydrogen (secondary N) is 1. The molecule has 0 atom stereocenters. The summed E-state index contributed by atoms with van der Waals surface area (Å²) in [5.41, 5.74) is 1.35. The molecular formula is C15H21N2O6P. The molecule has 1 fully saturated rings. The Morgan fingerprint density at radius 2 is 1.96 bits per heavy atom. The lowest BCUT2D eigenvalue weighted by molar-refractivity contribution is -0.125. The average Bonchev–Trinajstić information content (AvgIpc) is 2.61. The highest BCUT2D eigenvalue weighted by Gasteiger charge is 2.22. The molecule has 1 aromatic carbocycles. The molecule has 1 aliphatic heterocycles. The second-order valence-electron chi connectivity index (χ2n) is 5.14. The number of hydrogen-bond donors (Lipinski definition) is 1. The molecule has 132 valence electrons. The second kappa shape index (κ2) is 8.39. The quantitative estimate of drug-likeness (QED) is 0.750. The first-order valence-corrected chi connectivity index (χ1v) is 9.19. The molecule has 0 aliphatic carbocycles. The first-order valence-electron chi connectivity index (χ1n) is 7.46. The van der Waals surface area contributed by atoms with Gasteiger partial charge in [0.15, 0.2) is 0 Å². The summed E-state index contributed by atoms with van der Waals surface area (Å²) in [5.74, 6) is -0.382. The normalized spacial score (nSPS) is 15.4. The first kappa shape index (κ1) is 18.6. The van der Waals surface area contributed by atoms with E-state index in [2.05, 4.69) is 5.32 Å². The Kier molecular flexibility index (Phi) is 6.51. The third kappa shape index (κ3) is 4.88. The average molecular weight is 356 g/mol. The molecule has 0 saturated carbocycles. The minimum absolute atomic E-state index is 0.00615. The van der Waals surface area contributed by atoms with Crippen molar-refractivity contribution in [3.63, 3.8) is 0 Å². The van der Waals surface area contributed by atoms with Crippen molar-refractivity contribution < 1.29 is 27.9 Å². The number of morpholine rings is 1. The van der Waals surface area contributed by atoms with Crippen molar-refractivity contribution in [2.45, 2.75) is 6.42 Å². The van der Waals surface area contributed by atoms with E-state index in [0.717, 1.165) is 5.69 Å². The Labute approximate surface area is 140 Å². The number of amides is 2. The van der Waals surface area contributed by atoms with Crippen LogP contribution >= 0.6 is 7.60 Å². The third-order valence-corrected chi connectivity index (χ3v) is 5.50. The van der Waals surface area contributed by atoms with Gasteiger partial charge in [-0.2, -0.15) is 0 Å². The molecule has 1 aliphatic rings. The van der Waals surface area contributed by atoms with E-state index in [1.165, 1.54) is 14.2 Å². The van der Waals surface area contributed by atoms with Crippen molar-refractivity contribution in [1.82, 2.24) is 0 Å². The highest BCUT2D eigenvalue weighted by molar-refractivity contribution is 7.53. The minimum Gasteiger partial charge on any atom is -0.370 e. The van der Waals surface area contributed by atoms with Crippen molar-refractivity contribution >= 4 is 30.8 Å². The molecule has 24 heavy (non-hydrogen) atoms. The molecule has 2 amide bonds. The fourth-order valence-electron chi connectivity index (χ4n) is 2.23. The van der Waals surface area contributed by atoms with Crippen LogP contribution in [0.2, 0.25) is 0 Å². The van der Waals surface area contributed by atoms with Crippen molar-refractivity contribution in [1.29, 1.82) is 0 Å². The Morgan fingerprint density at radius 3 is 2.54 bits per heavy atom. The van der Waals surface area contributed by atoms with Gasteiger partial charge in [0.25, 0.3) is 5.91 Å². The van der Waals surface area contributed by atoms with Gasteiger partial charge in [-0.15, -0.1) is 0 Å². The number of ether oxygens (including phenoxy) is 1. The van der Waals surface area contributed by atoms with Crippen molar-refractivity contribution in [3.8, 4) is 0 Å². The maximum absolute atomic E-state index is 11.9. The highest BCUT2D eigenvalue weighted by atomic mass is 31.2. The summed E-state index contributed by atoms with van der Waals surface area (Å²) in [7, 11) is -0.619. The van der Waals surface area contributed by atoms with E-state index in [4.69, 9.17) is 13.8 Å². The predicted octanol–water partition coefficient (Wildman–Crippen LogP) is 1.86. The maximum Gasteiger partial charge on any atom is 0.330 e. The summed E-state index contributed by atoms with van der Waals surface area (Å²) >= 11 is 0. The fourth-order valence-corrected chi connectivity index (χ4v) is 3.23. The largest absolute Gasteiger partial charge is 0.370 e. The molecule has 1 saturated heterocycles. The van der Waals surface area contributed by atoms with Gasteiger partial charge in [0.2, 0.25) is 5.91 Å². The summed E-state index contributed by atoms with van der Waals surface area (Å²) in [6.07, 6.45) is 0.0227.